The molecule has 0 radical (unpaired) electrons. The molecular formula is C14H18ClN3O3. The van der Waals surface area contributed by atoms with Gasteiger partial charge in [-0.2, -0.15) is 0 Å². The number of hydrogen-bond donors (Lipinski definition) is 1. The highest BCUT2D eigenvalue weighted by molar-refractivity contribution is 6.29. The van der Waals surface area contributed by atoms with Gasteiger partial charge in [0.15, 0.2) is 0 Å². The molecule has 2 heterocycles. The van der Waals surface area contributed by atoms with Crippen molar-refractivity contribution >= 4 is 23.5 Å². The van der Waals surface area contributed by atoms with E-state index in [2.05, 4.69) is 9.88 Å². The zero-order valence-electron chi connectivity index (χ0n) is 11.9. The Morgan fingerprint density at radius 2 is 1.95 bits per heavy atom. The van der Waals surface area contributed by atoms with Crippen LogP contribution in [0.5, 0.6) is 0 Å². The van der Waals surface area contributed by atoms with Crippen LogP contribution in [0.15, 0.2) is 12.1 Å². The number of aliphatic carboxylic acids is 1. The summed E-state index contributed by atoms with van der Waals surface area (Å²) in [6, 6.07) is 3.30. The van der Waals surface area contributed by atoms with Crippen LogP contribution in [0.1, 0.15) is 22.5 Å². The van der Waals surface area contributed by atoms with Crippen LogP contribution in [0.4, 0.5) is 0 Å². The maximum Gasteiger partial charge on any atom is 0.304 e. The third kappa shape index (κ3) is 4.41. The van der Waals surface area contributed by atoms with Crippen LogP contribution in [0, 0.1) is 6.92 Å². The first-order valence-corrected chi connectivity index (χ1v) is 7.21. The summed E-state index contributed by atoms with van der Waals surface area (Å²) in [5.74, 6) is -0.851. The highest BCUT2D eigenvalue weighted by Crippen LogP contribution is 2.14. The lowest BCUT2D eigenvalue weighted by atomic mass is 10.2. The average Bonchev–Trinajstić information content (AvgIpc) is 2.44. The minimum atomic E-state index is -0.796. The summed E-state index contributed by atoms with van der Waals surface area (Å²) >= 11 is 5.88. The minimum Gasteiger partial charge on any atom is -0.481 e. The number of piperazine rings is 1. The Balaban J connectivity index is 1.92. The van der Waals surface area contributed by atoms with Gasteiger partial charge in [-0.15, -0.1) is 0 Å². The van der Waals surface area contributed by atoms with E-state index in [1.165, 1.54) is 0 Å². The van der Waals surface area contributed by atoms with Crippen molar-refractivity contribution in [1.29, 1.82) is 0 Å². The van der Waals surface area contributed by atoms with Crippen LogP contribution in [0.25, 0.3) is 0 Å². The molecule has 2 rings (SSSR count). The first-order chi connectivity index (χ1) is 9.95. The van der Waals surface area contributed by atoms with E-state index in [1.807, 2.05) is 0 Å². The van der Waals surface area contributed by atoms with E-state index in [9.17, 15) is 9.59 Å². The Morgan fingerprint density at radius 1 is 1.29 bits per heavy atom. The topological polar surface area (TPSA) is 73.7 Å². The quantitative estimate of drug-likeness (QED) is 0.848. The second-order valence-corrected chi connectivity index (χ2v) is 5.48. The van der Waals surface area contributed by atoms with Gasteiger partial charge in [-0.05, 0) is 19.1 Å². The van der Waals surface area contributed by atoms with Crippen molar-refractivity contribution in [2.45, 2.75) is 13.3 Å². The molecule has 1 aliphatic heterocycles. The molecule has 1 aromatic rings. The molecule has 0 aliphatic carbocycles. The fourth-order valence-corrected chi connectivity index (χ4v) is 2.61. The van der Waals surface area contributed by atoms with Crippen molar-refractivity contribution in [2.24, 2.45) is 0 Å². The third-order valence-electron chi connectivity index (χ3n) is 3.47. The molecule has 1 N–H and O–H groups in total. The summed E-state index contributed by atoms with van der Waals surface area (Å²) in [6.07, 6.45) is 0.132. The van der Waals surface area contributed by atoms with Gasteiger partial charge < -0.3 is 10.0 Å². The van der Waals surface area contributed by atoms with Gasteiger partial charge in [0.1, 0.15) is 5.15 Å². The monoisotopic (exact) mass is 311 g/mol. The predicted octanol–water partition coefficient (Wildman–Crippen LogP) is 1.28. The summed E-state index contributed by atoms with van der Waals surface area (Å²) in [5.41, 5.74) is 1.26. The van der Waals surface area contributed by atoms with Crippen LogP contribution >= 0.6 is 11.6 Å². The van der Waals surface area contributed by atoms with Crippen molar-refractivity contribution in [3.05, 3.63) is 28.5 Å². The van der Waals surface area contributed by atoms with Gasteiger partial charge in [-0.25, -0.2) is 4.98 Å². The lowest BCUT2D eigenvalue weighted by Gasteiger charge is -2.34. The van der Waals surface area contributed by atoms with Gasteiger partial charge in [-0.3, -0.25) is 14.5 Å². The Hall–Kier alpha value is -1.66. The Morgan fingerprint density at radius 3 is 2.52 bits per heavy atom. The van der Waals surface area contributed by atoms with Crippen LogP contribution in [-0.2, 0) is 4.79 Å². The molecule has 0 aromatic carbocycles. The number of carboxylic acids is 1. The van der Waals surface area contributed by atoms with E-state index in [0.717, 1.165) is 0 Å². The lowest BCUT2D eigenvalue weighted by molar-refractivity contribution is -0.137. The van der Waals surface area contributed by atoms with Crippen LogP contribution in [-0.4, -0.2) is 64.5 Å². The molecule has 0 atom stereocenters. The molecule has 0 unspecified atom stereocenters. The fraction of sp³-hybridized carbons (Fsp3) is 0.500. The molecule has 1 aromatic heterocycles. The summed E-state index contributed by atoms with van der Waals surface area (Å²) in [7, 11) is 0. The van der Waals surface area contributed by atoms with Gasteiger partial charge in [0.25, 0.3) is 5.91 Å². The SMILES string of the molecule is Cc1cc(C(=O)N2CCN(CCC(=O)O)CC2)cc(Cl)n1. The molecule has 7 heteroatoms. The number of carbonyl (C=O) groups is 2. The molecule has 0 saturated carbocycles. The molecule has 6 nitrogen and oxygen atoms in total. The minimum absolute atomic E-state index is 0.0553. The number of carbonyl (C=O) groups excluding carboxylic acids is 1. The Kier molecular flexibility index (Phi) is 5.14. The largest absolute Gasteiger partial charge is 0.481 e. The fourth-order valence-electron chi connectivity index (χ4n) is 2.36. The maximum atomic E-state index is 12.4. The molecular weight excluding hydrogens is 294 g/mol. The molecule has 1 saturated heterocycles. The van der Waals surface area contributed by atoms with Gasteiger partial charge in [0, 0.05) is 44.0 Å². The molecule has 1 aliphatic rings. The highest BCUT2D eigenvalue weighted by atomic mass is 35.5. The second-order valence-electron chi connectivity index (χ2n) is 5.10. The number of rotatable bonds is 4. The number of carboxylic acid groups (broad SMARTS) is 1. The van der Waals surface area contributed by atoms with E-state index in [1.54, 1.807) is 24.0 Å². The Bertz CT molecular complexity index is 522. The molecule has 1 amide bonds. The maximum absolute atomic E-state index is 12.4. The van der Waals surface area contributed by atoms with Crippen LogP contribution in [0.3, 0.4) is 0 Å². The van der Waals surface area contributed by atoms with E-state index in [0.29, 0.717) is 49.1 Å². The number of halogens is 1. The molecule has 0 bridgehead atoms. The lowest BCUT2D eigenvalue weighted by Crippen LogP contribution is -2.49. The van der Waals surface area contributed by atoms with Crippen LogP contribution < -0.4 is 0 Å². The molecule has 1 fully saturated rings. The molecule has 21 heavy (non-hydrogen) atoms. The van der Waals surface area contributed by atoms with Crippen molar-refractivity contribution < 1.29 is 14.7 Å². The normalized spacial score (nSPS) is 16.0. The Labute approximate surface area is 128 Å². The number of nitrogens with zero attached hydrogens (tertiary/aromatic N) is 3. The number of amides is 1. The van der Waals surface area contributed by atoms with Gasteiger partial charge in [-0.1, -0.05) is 11.6 Å². The summed E-state index contributed by atoms with van der Waals surface area (Å²) < 4.78 is 0. The zero-order valence-corrected chi connectivity index (χ0v) is 12.6. The van der Waals surface area contributed by atoms with E-state index < -0.39 is 5.97 Å². The van der Waals surface area contributed by atoms with Crippen molar-refractivity contribution in [1.82, 2.24) is 14.8 Å². The van der Waals surface area contributed by atoms with E-state index >= 15 is 0 Å². The van der Waals surface area contributed by atoms with Gasteiger partial charge >= 0.3 is 5.97 Å². The summed E-state index contributed by atoms with van der Waals surface area (Å²) in [6.45, 7) is 4.90. The first kappa shape index (κ1) is 15.7. The van der Waals surface area contributed by atoms with Gasteiger partial charge in [0.05, 0.1) is 6.42 Å². The summed E-state index contributed by atoms with van der Waals surface area (Å²) in [4.78, 5) is 30.8. The summed E-state index contributed by atoms with van der Waals surface area (Å²) in [5, 5.41) is 8.99. The first-order valence-electron chi connectivity index (χ1n) is 6.83. The second kappa shape index (κ2) is 6.87. The standard InChI is InChI=1S/C14H18ClN3O3/c1-10-8-11(9-12(15)16-10)14(21)18-6-4-17(5-7-18)3-2-13(19)20/h8-9H,2-7H2,1H3,(H,19,20). The highest BCUT2D eigenvalue weighted by Gasteiger charge is 2.22. The smallest absolute Gasteiger partial charge is 0.304 e. The number of hydrogen-bond acceptors (Lipinski definition) is 4. The third-order valence-corrected chi connectivity index (χ3v) is 3.66. The average molecular weight is 312 g/mol. The van der Waals surface area contributed by atoms with Crippen molar-refractivity contribution in [2.75, 3.05) is 32.7 Å². The number of pyridine rings is 1. The van der Waals surface area contributed by atoms with Gasteiger partial charge in [0.2, 0.25) is 0 Å². The van der Waals surface area contributed by atoms with E-state index in [4.69, 9.17) is 16.7 Å². The van der Waals surface area contributed by atoms with Crippen molar-refractivity contribution in [3.63, 3.8) is 0 Å². The van der Waals surface area contributed by atoms with Crippen LogP contribution in [0.2, 0.25) is 5.15 Å². The molecule has 0 spiro atoms. The number of aromatic nitrogens is 1. The number of aryl methyl sites for hydroxylation is 1. The molecule has 114 valence electrons. The predicted molar refractivity (Wildman–Crippen MR) is 78.6 cm³/mol. The zero-order chi connectivity index (χ0) is 15.4. The van der Waals surface area contributed by atoms with Crippen molar-refractivity contribution in [3.8, 4) is 0 Å². The van der Waals surface area contributed by atoms with E-state index in [-0.39, 0.29) is 12.3 Å².